The topological polar surface area (TPSA) is 0 Å². The van der Waals surface area contributed by atoms with E-state index in [1.54, 1.807) is 23.5 Å². The van der Waals surface area contributed by atoms with E-state index in [0.717, 1.165) is 23.7 Å². The average Bonchev–Trinajstić information content (AvgIpc) is 3.27. The highest BCUT2D eigenvalue weighted by atomic mass is 31.1. The van der Waals surface area contributed by atoms with Crippen molar-refractivity contribution in [1.29, 1.82) is 0 Å². The third-order valence-corrected chi connectivity index (χ3v) is 15.8. The summed E-state index contributed by atoms with van der Waals surface area (Å²) in [5, 5.41) is 1.05. The molecule has 4 bridgehead atoms. The highest BCUT2D eigenvalue weighted by Crippen LogP contribution is 2.76. The summed E-state index contributed by atoms with van der Waals surface area (Å²) >= 11 is 0. The van der Waals surface area contributed by atoms with Crippen molar-refractivity contribution < 1.29 is 0 Å². The summed E-state index contributed by atoms with van der Waals surface area (Å²) in [5.74, 6) is 4.04. The van der Waals surface area contributed by atoms with Gasteiger partial charge >= 0.3 is 0 Å². The van der Waals surface area contributed by atoms with Crippen molar-refractivity contribution in [2.24, 2.45) is 23.7 Å². The SMILES string of the molecule is CC1CP2CC1CC2(C)c1ccccc1C1(C)CC2CP1CC2C. The molecule has 4 fully saturated rings. The molecule has 5 rings (SSSR count). The maximum atomic E-state index is 2.65. The fourth-order valence-corrected chi connectivity index (χ4v) is 14.7. The monoisotopic (exact) mass is 358 g/mol. The maximum Gasteiger partial charge on any atom is 0.0132 e. The van der Waals surface area contributed by atoms with Crippen LogP contribution in [-0.4, -0.2) is 24.6 Å². The maximum absolute atomic E-state index is 2.65. The highest BCUT2D eigenvalue weighted by Gasteiger charge is 2.56. The van der Waals surface area contributed by atoms with Crippen LogP contribution in [0.3, 0.4) is 0 Å². The number of hydrogen-bond acceptors (Lipinski definition) is 0. The minimum absolute atomic E-state index is 0.208. The lowest BCUT2D eigenvalue weighted by Crippen LogP contribution is -2.31. The van der Waals surface area contributed by atoms with E-state index in [0.29, 0.717) is 10.3 Å². The first-order valence-electron chi connectivity index (χ1n) is 10.0. The molecule has 24 heavy (non-hydrogen) atoms. The molecule has 1 aromatic rings. The lowest BCUT2D eigenvalue weighted by atomic mass is 9.78. The van der Waals surface area contributed by atoms with Crippen LogP contribution in [0.1, 0.15) is 51.7 Å². The van der Waals surface area contributed by atoms with Gasteiger partial charge in [-0.2, -0.15) is 0 Å². The van der Waals surface area contributed by atoms with E-state index in [1.165, 1.54) is 25.2 Å². The van der Waals surface area contributed by atoms with Crippen LogP contribution in [0, 0.1) is 23.7 Å². The number of fused-ring (bicyclic) bond motifs is 4. The molecular formula is C22H32P2. The minimum atomic E-state index is 0.208. The van der Waals surface area contributed by atoms with Gasteiger partial charge in [0, 0.05) is 10.3 Å². The van der Waals surface area contributed by atoms with E-state index in [4.69, 9.17) is 0 Å². The van der Waals surface area contributed by atoms with Crippen molar-refractivity contribution in [3.63, 3.8) is 0 Å². The summed E-state index contributed by atoms with van der Waals surface area (Å²) in [4.78, 5) is 0. The molecule has 4 aliphatic rings. The second kappa shape index (κ2) is 5.30. The zero-order valence-electron chi connectivity index (χ0n) is 15.8. The second-order valence-electron chi connectivity index (χ2n) is 9.79. The predicted octanol–water partition coefficient (Wildman–Crippen LogP) is 6.42. The molecular weight excluding hydrogens is 326 g/mol. The Hall–Kier alpha value is 0.0800. The lowest BCUT2D eigenvalue weighted by molar-refractivity contribution is 0.365. The van der Waals surface area contributed by atoms with E-state index in [2.05, 4.69) is 52.0 Å². The summed E-state index contributed by atoms with van der Waals surface area (Å²) in [6.45, 7) is 10.3. The first-order chi connectivity index (χ1) is 11.4. The van der Waals surface area contributed by atoms with Crippen LogP contribution in [-0.2, 0) is 10.3 Å². The number of benzene rings is 1. The molecule has 0 N–H and O–H groups in total. The molecule has 4 heterocycles. The molecule has 2 heteroatoms. The number of hydrogen-bond donors (Lipinski definition) is 0. The van der Waals surface area contributed by atoms with Gasteiger partial charge in [0.05, 0.1) is 0 Å². The first kappa shape index (κ1) is 16.3. The molecule has 0 spiro atoms. The molecule has 0 aliphatic carbocycles. The van der Waals surface area contributed by atoms with Gasteiger partial charge in [0.1, 0.15) is 0 Å². The van der Waals surface area contributed by atoms with Crippen LogP contribution >= 0.6 is 15.8 Å². The molecule has 4 saturated heterocycles. The van der Waals surface area contributed by atoms with Gasteiger partial charge in [0.2, 0.25) is 0 Å². The molecule has 1 aromatic carbocycles. The standard InChI is InChI=1S/C22H32P2/c1-15-11-23-13-17(15)9-21(23,3)19-7-5-6-8-20(19)22(4)10-18-14-24(22)12-16(18)2/h5-8,15-18H,9-14H2,1-4H3. The van der Waals surface area contributed by atoms with Crippen LogP contribution in [0.2, 0.25) is 0 Å². The Morgan fingerprint density at radius 2 is 1.17 bits per heavy atom. The van der Waals surface area contributed by atoms with Crippen molar-refractivity contribution >= 4 is 15.8 Å². The lowest BCUT2D eigenvalue weighted by Gasteiger charge is -2.44. The Kier molecular flexibility index (Phi) is 3.59. The normalized spacial score (nSPS) is 52.3. The molecule has 0 nitrogen and oxygen atoms in total. The van der Waals surface area contributed by atoms with Crippen LogP contribution in [0.5, 0.6) is 0 Å². The molecule has 0 radical (unpaired) electrons. The zero-order valence-corrected chi connectivity index (χ0v) is 17.5. The smallest absolute Gasteiger partial charge is 0.0132 e. The van der Waals surface area contributed by atoms with Crippen LogP contribution in [0.15, 0.2) is 24.3 Å². The largest absolute Gasteiger partial charge is 0.0955 e. The zero-order chi connectivity index (χ0) is 16.7. The van der Waals surface area contributed by atoms with Gasteiger partial charge in [-0.15, -0.1) is 0 Å². The van der Waals surface area contributed by atoms with Gasteiger partial charge in [-0.25, -0.2) is 0 Å². The molecule has 0 aromatic heterocycles. The van der Waals surface area contributed by atoms with E-state index >= 15 is 0 Å². The number of rotatable bonds is 2. The van der Waals surface area contributed by atoms with Crippen LogP contribution < -0.4 is 0 Å². The third kappa shape index (κ3) is 2.06. The predicted molar refractivity (Wildman–Crippen MR) is 109 cm³/mol. The molecule has 130 valence electrons. The molecule has 8 unspecified atom stereocenters. The Labute approximate surface area is 150 Å². The molecule has 8 atom stereocenters. The van der Waals surface area contributed by atoms with Gasteiger partial charge < -0.3 is 0 Å². The van der Waals surface area contributed by atoms with E-state index < -0.39 is 0 Å². The minimum Gasteiger partial charge on any atom is -0.0955 e. The van der Waals surface area contributed by atoms with Gasteiger partial charge in [-0.1, -0.05) is 67.8 Å². The summed E-state index contributed by atoms with van der Waals surface area (Å²) < 4.78 is 0. The molecule has 0 saturated carbocycles. The van der Waals surface area contributed by atoms with E-state index in [-0.39, 0.29) is 15.8 Å². The van der Waals surface area contributed by atoms with Crippen molar-refractivity contribution in [3.05, 3.63) is 35.4 Å². The second-order valence-corrected chi connectivity index (χ2v) is 15.4. The van der Waals surface area contributed by atoms with Gasteiger partial charge in [0.15, 0.2) is 0 Å². The third-order valence-electron chi connectivity index (χ3n) is 8.34. The Morgan fingerprint density at radius 1 is 0.750 bits per heavy atom. The summed E-state index contributed by atoms with van der Waals surface area (Å²) in [6, 6.07) is 9.76. The fraction of sp³-hybridized carbons (Fsp3) is 0.727. The summed E-state index contributed by atoms with van der Waals surface area (Å²) in [6.07, 6.45) is 9.15. The molecule has 0 amide bonds. The van der Waals surface area contributed by atoms with Gasteiger partial charge in [0.25, 0.3) is 0 Å². The summed E-state index contributed by atoms with van der Waals surface area (Å²) in [7, 11) is 0.416. The van der Waals surface area contributed by atoms with E-state index in [1.807, 2.05) is 0 Å². The van der Waals surface area contributed by atoms with Crippen LogP contribution in [0.4, 0.5) is 0 Å². The highest BCUT2D eigenvalue weighted by molar-refractivity contribution is 7.60. The Bertz CT molecular complexity index is 609. The van der Waals surface area contributed by atoms with E-state index in [9.17, 15) is 0 Å². The van der Waals surface area contributed by atoms with Crippen molar-refractivity contribution in [2.45, 2.75) is 50.8 Å². The van der Waals surface area contributed by atoms with Crippen molar-refractivity contribution in [1.82, 2.24) is 0 Å². The van der Waals surface area contributed by atoms with Crippen LogP contribution in [0.25, 0.3) is 0 Å². The Morgan fingerprint density at radius 3 is 1.46 bits per heavy atom. The van der Waals surface area contributed by atoms with Crippen molar-refractivity contribution in [3.8, 4) is 0 Å². The quantitative estimate of drug-likeness (QED) is 0.535. The Balaban J connectivity index is 1.56. The van der Waals surface area contributed by atoms with Gasteiger partial charge in [-0.3, -0.25) is 0 Å². The molecule has 4 aliphatic heterocycles. The van der Waals surface area contributed by atoms with Gasteiger partial charge in [-0.05, 0) is 72.3 Å². The fourth-order valence-electron chi connectivity index (χ4n) is 6.67. The summed E-state index contributed by atoms with van der Waals surface area (Å²) in [5.41, 5.74) is 3.58. The van der Waals surface area contributed by atoms with Crippen molar-refractivity contribution in [2.75, 3.05) is 24.6 Å². The first-order valence-corrected chi connectivity index (χ1v) is 13.4. The average molecular weight is 358 g/mol.